The van der Waals surface area contributed by atoms with E-state index in [2.05, 4.69) is 4.98 Å². The Hall–Kier alpha value is -2.56. The van der Waals surface area contributed by atoms with Gasteiger partial charge in [0.25, 0.3) is 11.6 Å². The molecule has 166 valence electrons. The monoisotopic (exact) mass is 467 g/mol. The summed E-state index contributed by atoms with van der Waals surface area (Å²) in [5.74, 6) is -0.341. The Labute approximate surface area is 188 Å². The quantitative estimate of drug-likeness (QED) is 0.325. The van der Waals surface area contributed by atoms with Gasteiger partial charge in [0, 0.05) is 25.7 Å². The number of amides is 1. The highest BCUT2D eigenvalue weighted by molar-refractivity contribution is 7.17. The fourth-order valence-electron chi connectivity index (χ4n) is 3.24. The van der Waals surface area contributed by atoms with Crippen molar-refractivity contribution in [3.63, 3.8) is 0 Å². The predicted octanol–water partition coefficient (Wildman–Crippen LogP) is 4.20. The SMILES string of the molecule is CC(=O)c1sc(N(C[C@@H]2CCCO2)C(=O)[C@@H](C)Oc2ccc([N+](=O)[O-])cc2Cl)nc1C. The number of carbonyl (C=O) groups is 2. The van der Waals surface area contributed by atoms with Gasteiger partial charge >= 0.3 is 0 Å². The highest BCUT2D eigenvalue weighted by Crippen LogP contribution is 2.31. The minimum absolute atomic E-state index is 0.0310. The number of anilines is 1. The smallest absolute Gasteiger partial charge is 0.271 e. The van der Waals surface area contributed by atoms with Gasteiger partial charge in [-0.15, -0.1) is 0 Å². The number of ketones is 1. The van der Waals surface area contributed by atoms with Crippen LogP contribution in [0.4, 0.5) is 10.8 Å². The number of hydrogen-bond acceptors (Lipinski definition) is 8. The van der Waals surface area contributed by atoms with Gasteiger partial charge in [-0.05, 0) is 32.8 Å². The summed E-state index contributed by atoms with van der Waals surface area (Å²) in [4.78, 5) is 41.9. The van der Waals surface area contributed by atoms with Gasteiger partial charge in [0.2, 0.25) is 0 Å². The second-order valence-electron chi connectivity index (χ2n) is 7.18. The van der Waals surface area contributed by atoms with Crippen molar-refractivity contribution >= 4 is 45.4 Å². The number of nitro groups is 1. The molecule has 31 heavy (non-hydrogen) atoms. The molecule has 2 heterocycles. The van der Waals surface area contributed by atoms with E-state index in [1.807, 2.05) is 0 Å². The third-order valence-electron chi connectivity index (χ3n) is 4.79. The van der Waals surface area contributed by atoms with E-state index in [9.17, 15) is 19.7 Å². The zero-order valence-corrected chi connectivity index (χ0v) is 18.9. The molecule has 0 spiro atoms. The average Bonchev–Trinajstić information content (AvgIpc) is 3.36. The number of ether oxygens (including phenoxy) is 2. The van der Waals surface area contributed by atoms with Gasteiger partial charge in [-0.1, -0.05) is 22.9 Å². The number of benzene rings is 1. The van der Waals surface area contributed by atoms with Gasteiger partial charge in [0.1, 0.15) is 5.75 Å². The number of non-ortho nitro benzene ring substituents is 1. The van der Waals surface area contributed by atoms with Crippen molar-refractivity contribution in [3.8, 4) is 5.75 Å². The summed E-state index contributed by atoms with van der Waals surface area (Å²) < 4.78 is 11.4. The summed E-state index contributed by atoms with van der Waals surface area (Å²) >= 11 is 7.24. The van der Waals surface area contributed by atoms with Crippen molar-refractivity contribution in [2.75, 3.05) is 18.1 Å². The van der Waals surface area contributed by atoms with E-state index in [1.165, 1.54) is 30.0 Å². The summed E-state index contributed by atoms with van der Waals surface area (Å²) in [6.07, 6.45) is 0.638. The first-order valence-corrected chi connectivity index (χ1v) is 10.9. The molecule has 1 aliphatic rings. The molecule has 9 nitrogen and oxygen atoms in total. The highest BCUT2D eigenvalue weighted by atomic mass is 35.5. The van der Waals surface area contributed by atoms with Crippen molar-refractivity contribution in [1.29, 1.82) is 0 Å². The van der Waals surface area contributed by atoms with E-state index < -0.39 is 11.0 Å². The molecular weight excluding hydrogens is 446 g/mol. The number of Topliss-reactive ketones (excluding diaryl/α,β-unsaturated/α-hetero) is 1. The maximum Gasteiger partial charge on any atom is 0.271 e. The fourth-order valence-corrected chi connectivity index (χ4v) is 4.43. The lowest BCUT2D eigenvalue weighted by Gasteiger charge is -2.26. The Bertz CT molecular complexity index is 1000. The number of aryl methyl sites for hydroxylation is 1. The number of halogens is 1. The number of rotatable bonds is 8. The van der Waals surface area contributed by atoms with Gasteiger partial charge < -0.3 is 9.47 Å². The van der Waals surface area contributed by atoms with Crippen LogP contribution in [0.5, 0.6) is 5.75 Å². The third kappa shape index (κ3) is 5.38. The number of nitrogens with zero attached hydrogens (tertiary/aromatic N) is 3. The molecule has 0 unspecified atom stereocenters. The molecule has 1 aliphatic heterocycles. The number of nitro benzene ring substituents is 1. The van der Waals surface area contributed by atoms with Gasteiger partial charge in [0.15, 0.2) is 17.0 Å². The molecule has 2 atom stereocenters. The first-order valence-electron chi connectivity index (χ1n) is 9.69. The largest absolute Gasteiger partial charge is 0.479 e. The first kappa shape index (κ1) is 23.1. The molecule has 1 saturated heterocycles. The Morgan fingerprint density at radius 3 is 2.77 bits per heavy atom. The number of carbonyl (C=O) groups excluding carboxylic acids is 2. The van der Waals surface area contributed by atoms with Crippen LogP contribution in [0, 0.1) is 17.0 Å². The van der Waals surface area contributed by atoms with Crippen molar-refractivity contribution in [2.24, 2.45) is 0 Å². The molecule has 2 aromatic rings. The molecule has 0 radical (unpaired) electrons. The van der Waals surface area contributed by atoms with Crippen LogP contribution in [-0.4, -0.2) is 47.0 Å². The summed E-state index contributed by atoms with van der Waals surface area (Å²) in [7, 11) is 0. The normalized spacial score (nSPS) is 16.7. The number of aromatic nitrogens is 1. The van der Waals surface area contributed by atoms with Gasteiger partial charge in [0.05, 0.1) is 33.2 Å². The second-order valence-corrected chi connectivity index (χ2v) is 8.57. The fraction of sp³-hybridized carbons (Fsp3) is 0.450. The molecule has 0 aliphatic carbocycles. The van der Waals surface area contributed by atoms with Crippen molar-refractivity contribution in [2.45, 2.75) is 45.8 Å². The Morgan fingerprint density at radius 2 is 2.23 bits per heavy atom. The van der Waals surface area contributed by atoms with Crippen LogP contribution in [0.25, 0.3) is 0 Å². The lowest BCUT2D eigenvalue weighted by Crippen LogP contribution is -2.44. The maximum absolute atomic E-state index is 13.3. The van der Waals surface area contributed by atoms with E-state index >= 15 is 0 Å². The van der Waals surface area contributed by atoms with Crippen molar-refractivity contribution < 1.29 is 24.0 Å². The van der Waals surface area contributed by atoms with Gasteiger partial charge in [-0.25, -0.2) is 4.98 Å². The Balaban J connectivity index is 1.84. The Morgan fingerprint density at radius 1 is 1.48 bits per heavy atom. The van der Waals surface area contributed by atoms with E-state index in [1.54, 1.807) is 13.8 Å². The predicted molar refractivity (Wildman–Crippen MR) is 116 cm³/mol. The van der Waals surface area contributed by atoms with E-state index in [-0.39, 0.29) is 40.8 Å². The molecule has 3 rings (SSSR count). The minimum Gasteiger partial charge on any atom is -0.479 e. The molecule has 0 N–H and O–H groups in total. The van der Waals surface area contributed by atoms with Gasteiger partial charge in [-0.2, -0.15) is 0 Å². The molecule has 1 aromatic heterocycles. The van der Waals surface area contributed by atoms with Gasteiger partial charge in [-0.3, -0.25) is 24.6 Å². The third-order valence-corrected chi connectivity index (χ3v) is 6.37. The number of hydrogen-bond donors (Lipinski definition) is 0. The second kappa shape index (κ2) is 9.71. The molecular formula is C20H22ClN3O6S. The van der Waals surface area contributed by atoms with Crippen LogP contribution in [0.15, 0.2) is 18.2 Å². The van der Waals surface area contributed by atoms with E-state index in [0.717, 1.165) is 24.2 Å². The Kier molecular flexibility index (Phi) is 7.24. The zero-order valence-electron chi connectivity index (χ0n) is 17.3. The summed E-state index contributed by atoms with van der Waals surface area (Å²) in [6, 6.07) is 3.78. The minimum atomic E-state index is -0.953. The van der Waals surface area contributed by atoms with Crippen molar-refractivity contribution in [1.82, 2.24) is 4.98 Å². The van der Waals surface area contributed by atoms with Crippen LogP contribution >= 0.6 is 22.9 Å². The van der Waals surface area contributed by atoms with Crippen LogP contribution in [0.3, 0.4) is 0 Å². The molecule has 0 saturated carbocycles. The van der Waals surface area contributed by atoms with Crippen LogP contribution in [0.2, 0.25) is 5.02 Å². The lowest BCUT2D eigenvalue weighted by molar-refractivity contribution is -0.384. The summed E-state index contributed by atoms with van der Waals surface area (Å²) in [6.45, 7) is 5.66. The van der Waals surface area contributed by atoms with Crippen LogP contribution in [-0.2, 0) is 9.53 Å². The maximum atomic E-state index is 13.3. The molecule has 1 amide bonds. The molecule has 11 heteroatoms. The van der Waals surface area contributed by atoms with Crippen LogP contribution < -0.4 is 9.64 Å². The number of thiazole rings is 1. The average molecular weight is 468 g/mol. The van der Waals surface area contributed by atoms with E-state index in [0.29, 0.717) is 22.3 Å². The summed E-state index contributed by atoms with van der Waals surface area (Å²) in [5.41, 5.74) is 0.385. The van der Waals surface area contributed by atoms with E-state index in [4.69, 9.17) is 21.1 Å². The molecule has 0 bridgehead atoms. The standard InChI is InChI=1S/C20H22ClN3O6S/c1-11-18(12(2)25)31-20(22-11)23(10-15-5-4-8-29-15)19(26)13(3)30-17-7-6-14(24(27)28)9-16(17)21/h6-7,9,13,15H,4-5,8,10H2,1-3H3/t13-,15+/m1/s1. The zero-order chi connectivity index (χ0) is 22.7. The van der Waals surface area contributed by atoms with Crippen molar-refractivity contribution in [3.05, 3.63) is 43.9 Å². The van der Waals surface area contributed by atoms with Crippen LogP contribution in [0.1, 0.15) is 42.1 Å². The molecule has 1 fully saturated rings. The summed E-state index contributed by atoms with van der Waals surface area (Å²) in [5, 5.41) is 11.3. The molecule has 1 aromatic carbocycles. The topological polar surface area (TPSA) is 112 Å². The highest BCUT2D eigenvalue weighted by Gasteiger charge is 2.31. The first-order chi connectivity index (χ1) is 14.7. The lowest BCUT2D eigenvalue weighted by atomic mass is 10.2.